The molecule has 1 heterocycles. The van der Waals surface area contributed by atoms with Gasteiger partial charge in [-0.05, 0) is 50.3 Å². The number of nitrogens with zero attached hydrogens (tertiary/aromatic N) is 1. The monoisotopic (exact) mass is 300 g/mol. The Hall–Kier alpha value is -0.980. The first kappa shape index (κ1) is 15.4. The zero-order valence-electron chi connectivity index (χ0n) is 11.8. The van der Waals surface area contributed by atoms with Gasteiger partial charge >= 0.3 is 0 Å². The fraction of sp³-hybridized carbons (Fsp3) is 0.571. The van der Waals surface area contributed by atoms with Crippen LogP contribution in [0.1, 0.15) is 25.3 Å². The van der Waals surface area contributed by atoms with Crippen LogP contribution in [0, 0.1) is 18.7 Å². The molecule has 20 heavy (non-hydrogen) atoms. The Balaban J connectivity index is 2.22. The smallest absolute Gasteiger partial charge is 0.243 e. The van der Waals surface area contributed by atoms with Gasteiger partial charge in [0.05, 0.1) is 4.90 Å². The van der Waals surface area contributed by atoms with Crippen LogP contribution in [0.2, 0.25) is 0 Å². The third-order valence-electron chi connectivity index (χ3n) is 4.01. The van der Waals surface area contributed by atoms with Crippen molar-refractivity contribution in [2.24, 2.45) is 11.7 Å². The largest absolute Gasteiger partial charge is 0.328 e. The first-order chi connectivity index (χ1) is 9.32. The molecule has 1 aliphatic heterocycles. The number of halogens is 1. The molecule has 0 radical (unpaired) electrons. The van der Waals surface area contributed by atoms with Crippen LogP contribution in [0.5, 0.6) is 0 Å². The van der Waals surface area contributed by atoms with E-state index in [1.165, 1.54) is 16.4 Å². The second-order valence-corrected chi connectivity index (χ2v) is 7.42. The maximum Gasteiger partial charge on any atom is 0.243 e. The summed E-state index contributed by atoms with van der Waals surface area (Å²) in [6.07, 6.45) is 1.51. The lowest BCUT2D eigenvalue weighted by atomic mass is 9.92. The van der Waals surface area contributed by atoms with Crippen LogP contribution in [0.4, 0.5) is 4.39 Å². The molecule has 1 aliphatic rings. The van der Waals surface area contributed by atoms with Crippen molar-refractivity contribution < 1.29 is 12.8 Å². The van der Waals surface area contributed by atoms with Gasteiger partial charge in [-0.15, -0.1) is 0 Å². The zero-order valence-corrected chi connectivity index (χ0v) is 12.7. The number of piperidine rings is 1. The predicted octanol–water partition coefficient (Wildman–Crippen LogP) is 1.88. The van der Waals surface area contributed by atoms with Gasteiger partial charge in [0.25, 0.3) is 0 Å². The molecular weight excluding hydrogens is 279 g/mol. The zero-order chi connectivity index (χ0) is 14.9. The van der Waals surface area contributed by atoms with Crippen LogP contribution in [0.25, 0.3) is 0 Å². The van der Waals surface area contributed by atoms with Gasteiger partial charge in [0.1, 0.15) is 5.82 Å². The molecule has 4 nitrogen and oxygen atoms in total. The van der Waals surface area contributed by atoms with E-state index < -0.39 is 15.8 Å². The van der Waals surface area contributed by atoms with Gasteiger partial charge in [-0.25, -0.2) is 12.8 Å². The van der Waals surface area contributed by atoms with Crippen molar-refractivity contribution in [3.8, 4) is 0 Å². The molecule has 112 valence electrons. The van der Waals surface area contributed by atoms with E-state index >= 15 is 0 Å². The number of rotatable bonds is 3. The van der Waals surface area contributed by atoms with E-state index in [9.17, 15) is 12.8 Å². The summed E-state index contributed by atoms with van der Waals surface area (Å²) in [5.41, 5.74) is 6.43. The van der Waals surface area contributed by atoms with Gasteiger partial charge in [0.15, 0.2) is 0 Å². The fourth-order valence-corrected chi connectivity index (χ4v) is 4.34. The highest BCUT2D eigenvalue weighted by Crippen LogP contribution is 2.27. The van der Waals surface area contributed by atoms with Crippen molar-refractivity contribution >= 4 is 10.0 Å². The van der Waals surface area contributed by atoms with Crippen LogP contribution in [0.3, 0.4) is 0 Å². The lowest BCUT2D eigenvalue weighted by molar-refractivity contribution is 0.250. The first-order valence-corrected chi connectivity index (χ1v) is 8.28. The minimum atomic E-state index is -3.61. The molecule has 1 aromatic rings. The van der Waals surface area contributed by atoms with Gasteiger partial charge in [-0.1, -0.05) is 6.07 Å². The van der Waals surface area contributed by atoms with Crippen LogP contribution in [0.15, 0.2) is 23.1 Å². The van der Waals surface area contributed by atoms with E-state index in [1.54, 1.807) is 6.92 Å². The van der Waals surface area contributed by atoms with Gasteiger partial charge in [-0.3, -0.25) is 0 Å². The molecule has 0 spiro atoms. The second-order valence-electron chi connectivity index (χ2n) is 5.51. The summed E-state index contributed by atoms with van der Waals surface area (Å²) < 4.78 is 39.9. The maximum absolute atomic E-state index is 13.3. The van der Waals surface area contributed by atoms with E-state index in [4.69, 9.17) is 5.73 Å². The summed E-state index contributed by atoms with van der Waals surface area (Å²) in [6, 6.07) is 3.95. The molecule has 2 N–H and O–H groups in total. The average Bonchev–Trinajstić information content (AvgIpc) is 2.41. The molecule has 1 saturated heterocycles. The molecule has 2 rings (SSSR count). The molecule has 1 aromatic carbocycles. The van der Waals surface area contributed by atoms with E-state index in [-0.39, 0.29) is 10.9 Å². The molecule has 0 saturated carbocycles. The molecule has 1 fully saturated rings. The molecule has 6 heteroatoms. The topological polar surface area (TPSA) is 63.4 Å². The van der Waals surface area contributed by atoms with Gasteiger partial charge < -0.3 is 5.73 Å². The Labute approximate surface area is 119 Å². The van der Waals surface area contributed by atoms with E-state index in [1.807, 2.05) is 6.92 Å². The van der Waals surface area contributed by atoms with Crippen molar-refractivity contribution in [1.29, 1.82) is 0 Å². The van der Waals surface area contributed by atoms with Crippen molar-refractivity contribution in [3.63, 3.8) is 0 Å². The van der Waals surface area contributed by atoms with Gasteiger partial charge in [-0.2, -0.15) is 4.31 Å². The quantitative estimate of drug-likeness (QED) is 0.927. The molecule has 0 amide bonds. The van der Waals surface area contributed by atoms with Gasteiger partial charge in [0, 0.05) is 19.1 Å². The maximum atomic E-state index is 13.3. The predicted molar refractivity (Wildman–Crippen MR) is 76.3 cm³/mol. The highest BCUT2D eigenvalue weighted by molar-refractivity contribution is 7.89. The molecule has 1 unspecified atom stereocenters. The molecular formula is C14H21FN2O2S. The molecule has 0 aromatic heterocycles. The Kier molecular flexibility index (Phi) is 4.46. The summed E-state index contributed by atoms with van der Waals surface area (Å²) in [6.45, 7) is 4.53. The lowest BCUT2D eigenvalue weighted by Crippen LogP contribution is -2.42. The second kappa shape index (κ2) is 5.79. The molecule has 0 aliphatic carbocycles. The number of sulfonamides is 1. The first-order valence-electron chi connectivity index (χ1n) is 6.84. The Morgan fingerprint density at radius 3 is 2.50 bits per heavy atom. The Morgan fingerprint density at radius 2 is 1.95 bits per heavy atom. The normalized spacial score (nSPS) is 20.0. The Bertz CT molecular complexity index is 579. The number of nitrogens with two attached hydrogens (primary N) is 1. The lowest BCUT2D eigenvalue weighted by Gasteiger charge is -2.33. The van der Waals surface area contributed by atoms with E-state index in [2.05, 4.69) is 0 Å². The standard InChI is InChI=1S/C14H21FN2O2S/c1-10-3-4-13(15)9-14(10)20(18,19)17-7-5-12(6-8-17)11(2)16/h3-4,9,11-12H,5-8,16H2,1-2H3. The number of aryl methyl sites for hydroxylation is 1. The number of benzene rings is 1. The van der Waals surface area contributed by atoms with Crippen molar-refractivity contribution in [3.05, 3.63) is 29.6 Å². The summed E-state index contributed by atoms with van der Waals surface area (Å²) in [5, 5.41) is 0. The van der Waals surface area contributed by atoms with E-state index in [0.29, 0.717) is 24.6 Å². The molecule has 1 atom stereocenters. The third kappa shape index (κ3) is 3.02. The van der Waals surface area contributed by atoms with E-state index in [0.717, 1.165) is 18.9 Å². The number of hydrogen-bond acceptors (Lipinski definition) is 3. The average molecular weight is 300 g/mol. The highest BCUT2D eigenvalue weighted by atomic mass is 32.2. The summed E-state index contributed by atoms with van der Waals surface area (Å²) in [7, 11) is -3.61. The number of hydrogen-bond donors (Lipinski definition) is 1. The highest BCUT2D eigenvalue weighted by Gasteiger charge is 2.31. The van der Waals surface area contributed by atoms with Crippen LogP contribution < -0.4 is 5.73 Å². The van der Waals surface area contributed by atoms with Crippen LogP contribution in [-0.4, -0.2) is 31.9 Å². The summed E-state index contributed by atoms with van der Waals surface area (Å²) >= 11 is 0. The van der Waals surface area contributed by atoms with Crippen molar-refractivity contribution in [1.82, 2.24) is 4.31 Å². The summed E-state index contributed by atoms with van der Waals surface area (Å²) in [5.74, 6) is -0.172. The SMILES string of the molecule is Cc1ccc(F)cc1S(=O)(=O)N1CCC(C(C)N)CC1. The Morgan fingerprint density at radius 1 is 1.35 bits per heavy atom. The minimum absolute atomic E-state index is 0.0664. The van der Waals surface area contributed by atoms with Crippen LogP contribution in [-0.2, 0) is 10.0 Å². The fourth-order valence-electron chi connectivity index (χ4n) is 2.63. The third-order valence-corrected chi connectivity index (χ3v) is 6.05. The molecule has 0 bridgehead atoms. The summed E-state index contributed by atoms with van der Waals surface area (Å²) in [4.78, 5) is 0.0664. The van der Waals surface area contributed by atoms with Crippen molar-refractivity contribution in [2.45, 2.75) is 37.6 Å². The van der Waals surface area contributed by atoms with Crippen LogP contribution >= 0.6 is 0 Å². The van der Waals surface area contributed by atoms with Crippen molar-refractivity contribution in [2.75, 3.05) is 13.1 Å². The minimum Gasteiger partial charge on any atom is -0.328 e. The van der Waals surface area contributed by atoms with Gasteiger partial charge in [0.2, 0.25) is 10.0 Å².